The zero-order valence-corrected chi connectivity index (χ0v) is 32.8. The summed E-state index contributed by atoms with van der Waals surface area (Å²) in [6.07, 6.45) is 0. The van der Waals surface area contributed by atoms with Crippen LogP contribution in [0.3, 0.4) is 0 Å². The first-order valence-electron chi connectivity index (χ1n) is 20.7. The second-order valence-corrected chi connectivity index (χ2v) is 15.9. The fourth-order valence-corrected chi connectivity index (χ4v) is 10.2. The molecule has 1 aliphatic carbocycles. The molecule has 0 N–H and O–H groups in total. The Kier molecular flexibility index (Phi) is 7.16. The van der Waals surface area contributed by atoms with E-state index in [1.54, 1.807) is 0 Å². The van der Waals surface area contributed by atoms with Gasteiger partial charge in [0.15, 0.2) is 23.2 Å². The van der Waals surface area contributed by atoms with Gasteiger partial charge in [0.05, 0.1) is 16.4 Å². The molecular weight excluding hydrogens is 745 g/mol. The van der Waals surface area contributed by atoms with E-state index in [-0.39, 0.29) is 0 Å². The third-order valence-electron chi connectivity index (χ3n) is 12.7. The number of fused-ring (bicyclic) bond motifs is 15. The van der Waals surface area contributed by atoms with E-state index in [1.807, 2.05) is 60.7 Å². The number of benzene rings is 9. The molecule has 1 spiro atoms. The molecule has 13 rings (SSSR count). The van der Waals surface area contributed by atoms with E-state index < -0.39 is 5.41 Å². The van der Waals surface area contributed by atoms with Crippen molar-refractivity contribution in [3.8, 4) is 62.5 Å². The number of ether oxygens (including phenoxy) is 1. The minimum atomic E-state index is -0.594. The average Bonchev–Trinajstić information content (AvgIpc) is 3.84. The lowest BCUT2D eigenvalue weighted by Crippen LogP contribution is -2.32. The Hall–Kier alpha value is -8.15. The molecule has 1 aliphatic heterocycles. The Bertz CT molecular complexity index is 3470. The minimum absolute atomic E-state index is 0.594. The number of nitrogens with zero attached hydrogens (tertiary/aromatic N) is 4. The molecular formula is C56H34N4O. The van der Waals surface area contributed by atoms with E-state index in [1.165, 1.54) is 38.4 Å². The molecule has 9 aromatic carbocycles. The van der Waals surface area contributed by atoms with Gasteiger partial charge >= 0.3 is 0 Å². The van der Waals surface area contributed by atoms with Gasteiger partial charge in [-0.05, 0) is 57.3 Å². The fraction of sp³-hybridized carbons (Fsp3) is 0.0179. The highest BCUT2D eigenvalue weighted by Gasteiger charge is 2.51. The van der Waals surface area contributed by atoms with E-state index in [0.717, 1.165) is 61.4 Å². The molecule has 0 bridgehead atoms. The monoisotopic (exact) mass is 778 g/mol. The van der Waals surface area contributed by atoms with Crippen LogP contribution in [0.15, 0.2) is 206 Å². The number of aromatic nitrogens is 4. The maximum Gasteiger partial charge on any atom is 0.164 e. The molecule has 0 atom stereocenters. The van der Waals surface area contributed by atoms with E-state index in [0.29, 0.717) is 17.5 Å². The Morgan fingerprint density at radius 2 is 0.984 bits per heavy atom. The standard InChI is InChI=1S/C56H34N4O/c1-3-17-36(18-4-1)53-57-54(37-19-5-2-6-20-37)59-55(58-53)38-21-15-22-39(34-38)60-48-33-30-35-16-7-8-23-40(35)50(48)43-31-32-47-52(51(43)60)61-49-29-14-13-28-46(49)56(47)44-26-11-9-24-41(44)42-25-10-12-27-45(42)56/h1-34H. The van der Waals surface area contributed by atoms with Crippen molar-refractivity contribution in [1.29, 1.82) is 0 Å². The summed E-state index contributed by atoms with van der Waals surface area (Å²) in [4.78, 5) is 15.2. The SMILES string of the molecule is c1ccc(-c2nc(-c3ccccc3)nc(-c3cccc(-n4c5ccc6ccccc6c5c5ccc6c(c54)Oc4ccccc4C64c5ccccc5-c5ccccc54)c3)n2)cc1. The molecule has 61 heavy (non-hydrogen) atoms. The van der Waals surface area contributed by atoms with Crippen LogP contribution in [0.25, 0.3) is 83.6 Å². The number of hydrogen-bond acceptors (Lipinski definition) is 4. The summed E-state index contributed by atoms with van der Waals surface area (Å²) in [5.41, 5.74) is 12.5. The highest BCUT2D eigenvalue weighted by molar-refractivity contribution is 6.22. The van der Waals surface area contributed by atoms with Gasteiger partial charge < -0.3 is 9.30 Å². The molecule has 0 amide bonds. The van der Waals surface area contributed by atoms with Crippen molar-refractivity contribution in [1.82, 2.24) is 19.5 Å². The third-order valence-corrected chi connectivity index (χ3v) is 12.7. The van der Waals surface area contributed by atoms with Crippen LogP contribution in [0.2, 0.25) is 0 Å². The second-order valence-electron chi connectivity index (χ2n) is 15.9. The summed E-state index contributed by atoms with van der Waals surface area (Å²) in [5.74, 6) is 3.57. The van der Waals surface area contributed by atoms with Crippen molar-refractivity contribution < 1.29 is 4.74 Å². The molecule has 3 heterocycles. The van der Waals surface area contributed by atoms with Crippen LogP contribution >= 0.6 is 0 Å². The summed E-state index contributed by atoms with van der Waals surface area (Å²) in [6, 6.07) is 73.0. The number of para-hydroxylation sites is 1. The van der Waals surface area contributed by atoms with Gasteiger partial charge in [0.25, 0.3) is 0 Å². The first-order valence-corrected chi connectivity index (χ1v) is 20.7. The predicted octanol–water partition coefficient (Wildman–Crippen LogP) is 13.6. The predicted molar refractivity (Wildman–Crippen MR) is 245 cm³/mol. The molecule has 0 fully saturated rings. The third kappa shape index (κ3) is 4.80. The Morgan fingerprint density at radius 1 is 0.410 bits per heavy atom. The summed E-state index contributed by atoms with van der Waals surface area (Å²) >= 11 is 0. The normalized spacial score (nSPS) is 13.2. The van der Waals surface area contributed by atoms with Gasteiger partial charge in [-0.25, -0.2) is 15.0 Å². The van der Waals surface area contributed by atoms with Crippen LogP contribution in [0.1, 0.15) is 22.3 Å². The van der Waals surface area contributed by atoms with Crippen molar-refractivity contribution in [3.63, 3.8) is 0 Å². The summed E-state index contributed by atoms with van der Waals surface area (Å²) < 4.78 is 9.70. The van der Waals surface area contributed by atoms with Gasteiger partial charge in [0.2, 0.25) is 0 Å². The summed E-state index contributed by atoms with van der Waals surface area (Å²) in [7, 11) is 0. The van der Waals surface area contributed by atoms with E-state index in [2.05, 4.69) is 150 Å². The fourth-order valence-electron chi connectivity index (χ4n) is 10.2. The van der Waals surface area contributed by atoms with Crippen molar-refractivity contribution >= 4 is 32.6 Å². The van der Waals surface area contributed by atoms with Crippen LogP contribution in [-0.2, 0) is 5.41 Å². The quantitative estimate of drug-likeness (QED) is 0.179. The molecule has 11 aromatic rings. The van der Waals surface area contributed by atoms with Crippen LogP contribution in [0.4, 0.5) is 0 Å². The molecule has 0 saturated heterocycles. The second kappa shape index (κ2) is 12.9. The van der Waals surface area contributed by atoms with Gasteiger partial charge in [0.1, 0.15) is 5.75 Å². The Balaban J connectivity index is 1.12. The summed E-state index contributed by atoms with van der Waals surface area (Å²) in [5, 5.41) is 4.69. The lowest BCUT2D eigenvalue weighted by atomic mass is 9.66. The van der Waals surface area contributed by atoms with E-state index in [9.17, 15) is 0 Å². The first kappa shape index (κ1) is 33.8. The number of hydrogen-bond donors (Lipinski definition) is 0. The Labute approximate surface area is 351 Å². The van der Waals surface area contributed by atoms with Gasteiger partial charge in [-0.1, -0.05) is 182 Å². The zero-order valence-electron chi connectivity index (χ0n) is 32.8. The van der Waals surface area contributed by atoms with Crippen LogP contribution in [0, 0.1) is 0 Å². The van der Waals surface area contributed by atoms with Crippen LogP contribution in [0.5, 0.6) is 11.5 Å². The van der Waals surface area contributed by atoms with E-state index in [4.69, 9.17) is 19.7 Å². The lowest BCUT2D eigenvalue weighted by molar-refractivity contribution is 0.440. The smallest absolute Gasteiger partial charge is 0.164 e. The molecule has 284 valence electrons. The van der Waals surface area contributed by atoms with E-state index >= 15 is 0 Å². The van der Waals surface area contributed by atoms with Gasteiger partial charge in [-0.15, -0.1) is 0 Å². The molecule has 5 heteroatoms. The largest absolute Gasteiger partial charge is 0.454 e. The molecule has 2 aliphatic rings. The molecule has 2 aromatic heterocycles. The van der Waals surface area contributed by atoms with Crippen LogP contribution < -0.4 is 4.74 Å². The Morgan fingerprint density at radius 3 is 1.69 bits per heavy atom. The minimum Gasteiger partial charge on any atom is -0.454 e. The number of rotatable bonds is 4. The first-order chi connectivity index (χ1) is 30.3. The maximum atomic E-state index is 7.30. The van der Waals surface area contributed by atoms with Gasteiger partial charge in [-0.3, -0.25) is 0 Å². The average molecular weight is 779 g/mol. The molecule has 0 unspecified atom stereocenters. The lowest BCUT2D eigenvalue weighted by Gasteiger charge is -2.39. The highest BCUT2D eigenvalue weighted by atomic mass is 16.5. The van der Waals surface area contributed by atoms with Crippen LogP contribution in [-0.4, -0.2) is 19.5 Å². The van der Waals surface area contributed by atoms with Crippen molar-refractivity contribution in [2.45, 2.75) is 5.41 Å². The summed E-state index contributed by atoms with van der Waals surface area (Å²) in [6.45, 7) is 0. The van der Waals surface area contributed by atoms with Gasteiger partial charge in [0, 0.05) is 44.3 Å². The molecule has 5 nitrogen and oxygen atoms in total. The van der Waals surface area contributed by atoms with Crippen molar-refractivity contribution in [2.24, 2.45) is 0 Å². The van der Waals surface area contributed by atoms with Gasteiger partial charge in [-0.2, -0.15) is 0 Å². The van der Waals surface area contributed by atoms with Crippen molar-refractivity contribution in [3.05, 3.63) is 229 Å². The molecule has 0 saturated carbocycles. The topological polar surface area (TPSA) is 52.8 Å². The molecule has 0 radical (unpaired) electrons. The highest BCUT2D eigenvalue weighted by Crippen LogP contribution is 2.63. The van der Waals surface area contributed by atoms with Crippen molar-refractivity contribution in [2.75, 3.05) is 0 Å². The maximum absolute atomic E-state index is 7.30. The zero-order chi connectivity index (χ0) is 40.1.